The Hall–Kier alpha value is -1.54. The standard InChI is InChI=1S/C46H86NO7P/c1-6-8-10-12-14-16-17-18-19-20-21-22-23-24-25-26-27-28-29-30-31-32-33-35-37-39-46(48)54-45(43-51-41-38-36-34-15-13-11-9-7-2)44-53-55(49,50)52-42-40-47(3,4)5/h8,10,14,16,18-19,21-22,45H,6-7,9,11-13,15,17,20,23-44H2,1-5H3/b10-8-,16-14-,19-18-,22-21-. The fraction of sp³-hybridized carbons (Fsp3) is 0.804. The molecule has 0 rings (SSSR count). The number of phosphoric acid groups is 1. The maximum Gasteiger partial charge on any atom is 0.306 e. The number of allylic oxidation sites excluding steroid dienone is 8. The smallest absolute Gasteiger partial charge is 0.306 e. The highest BCUT2D eigenvalue weighted by Gasteiger charge is 2.20. The van der Waals surface area contributed by atoms with Crippen LogP contribution in [0.2, 0.25) is 0 Å². The molecule has 0 aliphatic heterocycles. The summed E-state index contributed by atoms with van der Waals surface area (Å²) in [5, 5.41) is 0. The third-order valence-corrected chi connectivity index (χ3v) is 10.4. The van der Waals surface area contributed by atoms with Gasteiger partial charge in [0.25, 0.3) is 7.82 Å². The average molecular weight is 796 g/mol. The number of hydrogen-bond donors (Lipinski definition) is 0. The zero-order chi connectivity index (χ0) is 40.6. The maximum atomic E-state index is 12.6. The molecule has 2 unspecified atom stereocenters. The SMILES string of the molecule is CC/C=C\C/C=C\C/C=C\C/C=C\CCCCCCCCCCCCCCC(=O)OC(COCCCCCCCCCC)COP(=O)([O-])OCC[N+](C)(C)C. The van der Waals surface area contributed by atoms with E-state index in [1.54, 1.807) is 0 Å². The summed E-state index contributed by atoms with van der Waals surface area (Å²) < 4.78 is 34.5. The Morgan fingerprint density at radius 1 is 0.582 bits per heavy atom. The molecule has 0 aromatic heterocycles. The Morgan fingerprint density at radius 3 is 1.58 bits per heavy atom. The number of unbranched alkanes of at least 4 members (excludes halogenated alkanes) is 19. The summed E-state index contributed by atoms with van der Waals surface area (Å²) in [6.45, 7) is 5.28. The van der Waals surface area contributed by atoms with Crippen molar-refractivity contribution in [2.24, 2.45) is 0 Å². The summed E-state index contributed by atoms with van der Waals surface area (Å²) in [6, 6.07) is 0. The fourth-order valence-electron chi connectivity index (χ4n) is 5.95. The molecule has 0 aromatic carbocycles. The molecule has 0 bridgehead atoms. The molecule has 0 aliphatic rings. The first-order valence-corrected chi connectivity index (χ1v) is 23.8. The van der Waals surface area contributed by atoms with Gasteiger partial charge in [-0.25, -0.2) is 0 Å². The number of esters is 1. The second-order valence-corrected chi connectivity index (χ2v) is 17.4. The van der Waals surface area contributed by atoms with E-state index in [9.17, 15) is 14.3 Å². The molecule has 0 aliphatic carbocycles. The summed E-state index contributed by atoms with van der Waals surface area (Å²) >= 11 is 0. The molecule has 0 saturated carbocycles. The monoisotopic (exact) mass is 796 g/mol. The number of quaternary nitrogens is 1. The lowest BCUT2D eigenvalue weighted by Crippen LogP contribution is -2.37. The van der Waals surface area contributed by atoms with E-state index in [1.165, 1.54) is 103 Å². The Morgan fingerprint density at radius 2 is 1.05 bits per heavy atom. The molecule has 0 aromatic rings. The number of hydrogen-bond acceptors (Lipinski definition) is 7. The molecular formula is C46H86NO7P. The van der Waals surface area contributed by atoms with Gasteiger partial charge in [-0.15, -0.1) is 0 Å². The molecule has 0 spiro atoms. The molecule has 0 fully saturated rings. The lowest BCUT2D eigenvalue weighted by Gasteiger charge is -2.28. The van der Waals surface area contributed by atoms with Gasteiger partial charge in [-0.3, -0.25) is 9.36 Å². The van der Waals surface area contributed by atoms with E-state index in [0.717, 1.165) is 57.8 Å². The molecule has 322 valence electrons. The fourth-order valence-corrected chi connectivity index (χ4v) is 6.68. The van der Waals surface area contributed by atoms with Gasteiger partial charge in [0.1, 0.15) is 19.3 Å². The lowest BCUT2D eigenvalue weighted by molar-refractivity contribution is -0.870. The Bertz CT molecular complexity index is 1020. The highest BCUT2D eigenvalue weighted by Crippen LogP contribution is 2.38. The number of ether oxygens (including phenoxy) is 2. The predicted octanol–water partition coefficient (Wildman–Crippen LogP) is 12.5. The molecule has 0 radical (unpaired) electrons. The van der Waals surface area contributed by atoms with Crippen LogP contribution >= 0.6 is 7.82 Å². The summed E-state index contributed by atoms with van der Waals surface area (Å²) in [5.41, 5.74) is 0. The Kier molecular flexibility index (Phi) is 38.2. The molecule has 0 amide bonds. The van der Waals surface area contributed by atoms with E-state index in [0.29, 0.717) is 24.1 Å². The maximum absolute atomic E-state index is 12.6. The van der Waals surface area contributed by atoms with Gasteiger partial charge < -0.3 is 27.9 Å². The van der Waals surface area contributed by atoms with Crippen LogP contribution in [0.4, 0.5) is 0 Å². The molecule has 55 heavy (non-hydrogen) atoms. The molecular weight excluding hydrogens is 709 g/mol. The molecule has 0 N–H and O–H groups in total. The van der Waals surface area contributed by atoms with E-state index in [1.807, 2.05) is 21.1 Å². The quantitative estimate of drug-likeness (QED) is 0.0200. The van der Waals surface area contributed by atoms with Gasteiger partial charge >= 0.3 is 5.97 Å². The van der Waals surface area contributed by atoms with Crippen molar-refractivity contribution in [2.45, 2.75) is 187 Å². The Balaban J connectivity index is 4.04. The lowest BCUT2D eigenvalue weighted by atomic mass is 10.0. The van der Waals surface area contributed by atoms with E-state index in [2.05, 4.69) is 62.5 Å². The van der Waals surface area contributed by atoms with E-state index >= 15 is 0 Å². The van der Waals surface area contributed by atoms with Crippen LogP contribution in [0.15, 0.2) is 48.6 Å². The van der Waals surface area contributed by atoms with Crippen LogP contribution in [0, 0.1) is 0 Å². The third-order valence-electron chi connectivity index (χ3n) is 9.39. The average Bonchev–Trinajstić information content (AvgIpc) is 3.13. The minimum atomic E-state index is -4.52. The van der Waals surface area contributed by atoms with Gasteiger partial charge in [0.05, 0.1) is 34.4 Å². The van der Waals surface area contributed by atoms with Gasteiger partial charge in [0.15, 0.2) is 0 Å². The van der Waals surface area contributed by atoms with Crippen LogP contribution in [-0.4, -0.2) is 70.7 Å². The largest absolute Gasteiger partial charge is 0.756 e. The predicted molar refractivity (Wildman–Crippen MR) is 231 cm³/mol. The summed E-state index contributed by atoms with van der Waals surface area (Å²) in [7, 11) is 1.35. The first kappa shape index (κ1) is 53.5. The van der Waals surface area contributed by atoms with Crippen molar-refractivity contribution >= 4 is 13.8 Å². The van der Waals surface area contributed by atoms with Crippen molar-refractivity contribution in [2.75, 3.05) is 54.1 Å². The van der Waals surface area contributed by atoms with Gasteiger partial charge in [-0.1, -0.05) is 172 Å². The second kappa shape index (κ2) is 39.3. The Labute approximate surface area is 339 Å². The minimum absolute atomic E-state index is 0.0257. The summed E-state index contributed by atoms with van der Waals surface area (Å²) in [6.07, 6.45) is 47.1. The van der Waals surface area contributed by atoms with E-state index < -0.39 is 13.9 Å². The number of nitrogens with zero attached hydrogens (tertiary/aromatic N) is 1. The van der Waals surface area contributed by atoms with Crippen LogP contribution in [-0.2, 0) is 27.9 Å². The van der Waals surface area contributed by atoms with E-state index in [4.69, 9.17) is 18.5 Å². The third kappa shape index (κ3) is 43.4. The van der Waals surface area contributed by atoms with Crippen LogP contribution in [0.3, 0.4) is 0 Å². The van der Waals surface area contributed by atoms with Gasteiger partial charge in [0.2, 0.25) is 0 Å². The highest BCUT2D eigenvalue weighted by molar-refractivity contribution is 7.45. The number of carbonyl (C=O) groups is 1. The zero-order valence-electron chi connectivity index (χ0n) is 36.4. The van der Waals surface area contributed by atoms with Crippen LogP contribution in [0.1, 0.15) is 181 Å². The van der Waals surface area contributed by atoms with Gasteiger partial charge in [-0.2, -0.15) is 0 Å². The molecule has 9 heteroatoms. The first-order valence-electron chi connectivity index (χ1n) is 22.4. The minimum Gasteiger partial charge on any atom is -0.756 e. The topological polar surface area (TPSA) is 94.1 Å². The number of carbonyl (C=O) groups excluding carboxylic acids is 1. The van der Waals surface area contributed by atoms with Crippen molar-refractivity contribution in [1.29, 1.82) is 0 Å². The van der Waals surface area contributed by atoms with Crippen LogP contribution in [0.25, 0.3) is 0 Å². The summed E-state index contributed by atoms with van der Waals surface area (Å²) in [5.74, 6) is -0.338. The van der Waals surface area contributed by atoms with Gasteiger partial charge in [0, 0.05) is 13.0 Å². The second-order valence-electron chi connectivity index (χ2n) is 16.0. The number of phosphoric ester groups is 1. The molecule has 0 heterocycles. The normalized spacial score (nSPS) is 14.2. The van der Waals surface area contributed by atoms with Crippen molar-refractivity contribution < 1.29 is 37.3 Å². The van der Waals surface area contributed by atoms with Crippen molar-refractivity contribution in [3.8, 4) is 0 Å². The highest BCUT2D eigenvalue weighted by atomic mass is 31.2. The summed E-state index contributed by atoms with van der Waals surface area (Å²) in [4.78, 5) is 25.0. The number of rotatable bonds is 41. The van der Waals surface area contributed by atoms with Crippen molar-refractivity contribution in [3.05, 3.63) is 48.6 Å². The van der Waals surface area contributed by atoms with Crippen LogP contribution < -0.4 is 4.89 Å². The number of likely N-dealkylation sites (N-methyl/N-ethyl adjacent to an activating group) is 1. The zero-order valence-corrected chi connectivity index (χ0v) is 37.3. The molecule has 8 nitrogen and oxygen atoms in total. The molecule has 0 saturated heterocycles. The van der Waals surface area contributed by atoms with Crippen molar-refractivity contribution in [1.82, 2.24) is 0 Å². The van der Waals surface area contributed by atoms with E-state index in [-0.39, 0.29) is 25.8 Å². The molecule has 2 atom stereocenters. The van der Waals surface area contributed by atoms with Gasteiger partial charge in [-0.05, 0) is 51.4 Å². The van der Waals surface area contributed by atoms with Crippen LogP contribution in [0.5, 0.6) is 0 Å². The van der Waals surface area contributed by atoms with Crippen molar-refractivity contribution in [3.63, 3.8) is 0 Å². The first-order chi connectivity index (χ1) is 26.6.